The molecule has 0 aliphatic heterocycles. The van der Waals surface area contributed by atoms with Gasteiger partial charge in [0.1, 0.15) is 12.0 Å². The highest BCUT2D eigenvalue weighted by molar-refractivity contribution is 5.96. The van der Waals surface area contributed by atoms with Crippen molar-refractivity contribution in [2.75, 3.05) is 5.32 Å². The van der Waals surface area contributed by atoms with Crippen molar-refractivity contribution in [1.82, 2.24) is 9.97 Å². The van der Waals surface area contributed by atoms with E-state index in [1.807, 2.05) is 59.8 Å². The Balaban J connectivity index is 0.00000212. The van der Waals surface area contributed by atoms with Crippen LogP contribution in [0.2, 0.25) is 0 Å². The second-order valence-corrected chi connectivity index (χ2v) is 5.99. The molecule has 0 radical (unpaired) electrons. The highest BCUT2D eigenvalue weighted by Crippen LogP contribution is 2.32. The largest absolute Gasteiger partial charge is 0.503 e. The van der Waals surface area contributed by atoms with E-state index in [-0.39, 0.29) is 11.5 Å². The minimum absolute atomic E-state index is 0.0281. The van der Waals surface area contributed by atoms with Gasteiger partial charge in [-0.05, 0) is 43.5 Å². The van der Waals surface area contributed by atoms with Crippen molar-refractivity contribution in [3.63, 3.8) is 0 Å². The summed E-state index contributed by atoms with van der Waals surface area (Å²) in [4.78, 5) is 20.1. The van der Waals surface area contributed by atoms with Gasteiger partial charge in [0, 0.05) is 16.8 Å². The van der Waals surface area contributed by atoms with Crippen molar-refractivity contribution in [3.8, 4) is 5.75 Å². The third kappa shape index (κ3) is 8.21. The van der Waals surface area contributed by atoms with Crippen LogP contribution in [0.5, 0.6) is 5.75 Å². The number of aromatic nitrogens is 2. The molecule has 0 spiro atoms. The fourth-order valence-electron chi connectivity index (χ4n) is 2.76. The van der Waals surface area contributed by atoms with Crippen LogP contribution in [-0.4, -0.2) is 20.9 Å². The molecule has 2 rings (SSSR count). The Bertz CT molecular complexity index is 900. The Morgan fingerprint density at radius 2 is 1.84 bits per heavy atom. The quantitative estimate of drug-likeness (QED) is 0.345. The number of nitrogens with one attached hydrogen (secondary N) is 1. The average molecular weight is 424 g/mol. The minimum Gasteiger partial charge on any atom is -0.503 e. The van der Waals surface area contributed by atoms with Crippen LogP contribution in [0.25, 0.3) is 5.57 Å². The smallest absolute Gasteiger partial charge is 0.185 e. The van der Waals surface area contributed by atoms with E-state index in [4.69, 9.17) is 0 Å². The molecule has 2 aromatic rings. The van der Waals surface area contributed by atoms with Crippen LogP contribution < -0.4 is 5.32 Å². The van der Waals surface area contributed by atoms with Gasteiger partial charge in [0.2, 0.25) is 0 Å². The molecule has 0 aliphatic rings. The first-order valence-corrected chi connectivity index (χ1v) is 11.0. The molecule has 0 bridgehead atoms. The summed E-state index contributed by atoms with van der Waals surface area (Å²) in [6, 6.07) is 5.49. The van der Waals surface area contributed by atoms with Crippen LogP contribution in [0.1, 0.15) is 76.5 Å². The fraction of sp³-hybridized carbons (Fsp3) is 0.346. The minimum atomic E-state index is -0.0281. The van der Waals surface area contributed by atoms with E-state index in [9.17, 15) is 9.90 Å². The van der Waals surface area contributed by atoms with Crippen molar-refractivity contribution in [3.05, 3.63) is 72.2 Å². The fourth-order valence-corrected chi connectivity index (χ4v) is 2.76. The summed E-state index contributed by atoms with van der Waals surface area (Å²) in [5, 5.41) is 13.8. The number of allylic oxidation sites excluding steroid dienone is 5. The molecule has 0 atom stereocenters. The molecule has 0 saturated heterocycles. The van der Waals surface area contributed by atoms with E-state index in [2.05, 4.69) is 21.9 Å². The lowest BCUT2D eigenvalue weighted by Gasteiger charge is -2.13. The highest BCUT2D eigenvalue weighted by Gasteiger charge is 2.14. The molecule has 0 amide bonds. The number of benzene rings is 1. The highest BCUT2D eigenvalue weighted by atomic mass is 16.3. The van der Waals surface area contributed by atoms with Gasteiger partial charge in [-0.3, -0.25) is 4.79 Å². The summed E-state index contributed by atoms with van der Waals surface area (Å²) < 4.78 is 0. The van der Waals surface area contributed by atoms with E-state index < -0.39 is 0 Å². The van der Waals surface area contributed by atoms with Crippen molar-refractivity contribution >= 4 is 22.9 Å². The number of anilines is 2. The van der Waals surface area contributed by atoms with Crippen LogP contribution in [-0.2, 0) is 6.42 Å². The average Bonchev–Trinajstić information content (AvgIpc) is 2.80. The lowest BCUT2D eigenvalue weighted by molar-refractivity contribution is 0.101. The number of hydrogen-bond acceptors (Lipinski definition) is 5. The number of aromatic hydroxyl groups is 1. The number of carbonyl (C=O) groups excluding carboxylic acids is 1. The van der Waals surface area contributed by atoms with Crippen LogP contribution in [0.4, 0.5) is 11.5 Å². The number of Topliss-reactive ketones (excluding diaryl/α,β-unsaturated/α-hetero) is 1. The third-order valence-corrected chi connectivity index (χ3v) is 4.06. The predicted octanol–water partition coefficient (Wildman–Crippen LogP) is 7.28. The summed E-state index contributed by atoms with van der Waals surface area (Å²) >= 11 is 0. The zero-order valence-electron chi connectivity index (χ0n) is 20.0. The van der Waals surface area contributed by atoms with Crippen molar-refractivity contribution in [1.29, 1.82) is 0 Å². The lowest BCUT2D eigenvalue weighted by Crippen LogP contribution is -2.02. The first-order chi connectivity index (χ1) is 15.0. The second-order valence-electron chi connectivity index (χ2n) is 5.99. The van der Waals surface area contributed by atoms with Crippen molar-refractivity contribution < 1.29 is 9.90 Å². The zero-order valence-corrected chi connectivity index (χ0v) is 20.0. The normalized spacial score (nSPS) is 10.5. The molecule has 0 unspecified atom stereocenters. The summed E-state index contributed by atoms with van der Waals surface area (Å²) in [6.45, 7) is 17.2. The maximum Gasteiger partial charge on any atom is 0.185 e. The predicted molar refractivity (Wildman–Crippen MR) is 133 cm³/mol. The SMILES string of the molecule is C=C/C=C\C(=C/CC)c1ncnc(Nc2ccc(C(C)=O)c(CC)c2)c1O.CC.CC. The molecule has 0 fully saturated rings. The monoisotopic (exact) mass is 423 g/mol. The van der Waals surface area contributed by atoms with Gasteiger partial charge >= 0.3 is 0 Å². The Hall–Kier alpha value is -3.21. The maximum atomic E-state index is 11.7. The van der Waals surface area contributed by atoms with Crippen LogP contribution >= 0.6 is 0 Å². The topological polar surface area (TPSA) is 75.1 Å². The molecule has 5 nitrogen and oxygen atoms in total. The molecule has 2 N–H and O–H groups in total. The van der Waals surface area contributed by atoms with E-state index in [0.29, 0.717) is 17.1 Å². The number of rotatable bonds is 8. The van der Waals surface area contributed by atoms with Crippen LogP contribution in [0.3, 0.4) is 0 Å². The Labute approximate surface area is 187 Å². The summed E-state index contributed by atoms with van der Waals surface area (Å²) in [5.74, 6) is 0.320. The number of aryl methyl sites for hydroxylation is 1. The molecule has 31 heavy (non-hydrogen) atoms. The molecular formula is C26H37N3O2. The number of hydrogen-bond donors (Lipinski definition) is 2. The summed E-state index contributed by atoms with van der Waals surface area (Å²) in [6.07, 6.45) is 10.2. The zero-order chi connectivity index (χ0) is 23.8. The van der Waals surface area contributed by atoms with E-state index in [1.54, 1.807) is 31.2 Å². The molecule has 1 heterocycles. The standard InChI is InChI=1S/C22H25N3O2.2C2H6/c1-5-8-10-17(9-6-2)20-21(27)22(24-14-23-20)25-18-11-12-19(15(4)26)16(7-3)13-18;2*1-2/h5,8-14,27H,1,6-7H2,2-4H3,(H,23,24,25);2*1-2H3/b10-8-,17-9+;;. The van der Waals surface area contributed by atoms with Crippen LogP contribution in [0, 0.1) is 0 Å². The number of nitrogens with zero attached hydrogens (tertiary/aromatic N) is 2. The van der Waals surface area contributed by atoms with Crippen molar-refractivity contribution in [2.45, 2.75) is 61.3 Å². The van der Waals surface area contributed by atoms with Gasteiger partial charge in [-0.2, -0.15) is 0 Å². The molecule has 0 saturated carbocycles. The molecule has 0 aliphatic carbocycles. The van der Waals surface area contributed by atoms with E-state index in [0.717, 1.165) is 29.7 Å². The number of ketones is 1. The summed E-state index contributed by atoms with van der Waals surface area (Å²) in [7, 11) is 0. The van der Waals surface area contributed by atoms with Gasteiger partial charge in [-0.15, -0.1) is 0 Å². The first kappa shape index (κ1) is 27.8. The molecule has 168 valence electrons. The molecular weight excluding hydrogens is 386 g/mol. The Morgan fingerprint density at radius 3 is 2.39 bits per heavy atom. The second kappa shape index (κ2) is 15.6. The molecule has 5 heteroatoms. The van der Waals surface area contributed by atoms with Gasteiger partial charge in [0.25, 0.3) is 0 Å². The third-order valence-electron chi connectivity index (χ3n) is 4.06. The number of carbonyl (C=O) groups is 1. The van der Waals surface area contributed by atoms with E-state index in [1.165, 1.54) is 6.33 Å². The summed E-state index contributed by atoms with van der Waals surface area (Å²) in [5.41, 5.74) is 3.64. The van der Waals surface area contributed by atoms with Gasteiger partial charge in [0.05, 0.1) is 0 Å². The first-order valence-electron chi connectivity index (χ1n) is 11.0. The van der Waals surface area contributed by atoms with Crippen molar-refractivity contribution in [2.24, 2.45) is 0 Å². The van der Waals surface area contributed by atoms with Crippen LogP contribution in [0.15, 0.2) is 55.4 Å². The molecule has 1 aromatic carbocycles. The van der Waals surface area contributed by atoms with Gasteiger partial charge < -0.3 is 10.4 Å². The van der Waals surface area contributed by atoms with Gasteiger partial charge in [0.15, 0.2) is 17.4 Å². The molecule has 1 aromatic heterocycles. The Kier molecular flexibility index (Phi) is 14.0. The maximum absolute atomic E-state index is 11.7. The lowest BCUT2D eigenvalue weighted by atomic mass is 10.0. The van der Waals surface area contributed by atoms with Gasteiger partial charge in [-0.25, -0.2) is 9.97 Å². The van der Waals surface area contributed by atoms with Gasteiger partial charge in [-0.1, -0.05) is 72.4 Å². The Morgan fingerprint density at radius 1 is 1.16 bits per heavy atom. The van der Waals surface area contributed by atoms with E-state index >= 15 is 0 Å².